The molecule has 0 aliphatic heterocycles. The lowest BCUT2D eigenvalue weighted by molar-refractivity contribution is -0.141. The first-order valence-electron chi connectivity index (χ1n) is 22.8. The predicted octanol–water partition coefficient (Wildman–Crippen LogP) is 4.10. The summed E-state index contributed by atoms with van der Waals surface area (Å²) in [7, 11) is 0. The standard InChI is InChI=1S/C45H71N3O21/c1-4-41(2,3)42(17-5-29(49)46-43(20-8-32(52)53,21-9-33(54)55)22-10-34(56)57,18-6-30(50)47-44(23-11-35(58)59,24-12-36(60)61)25-13-37(62)63)19-7-31(51)48-45(26-14-38(64)65,27-15-39(66)67)28-16-40(68)69/h4-28H2,1-3H3,(H,46,49)(H,47,50)(H,48,51)(H,52,53)(H,54,55)(H,56,57)(H,58,59)(H,60,61)(H,62,63)(H,64,65)(H,66,67)(H,68,69). The van der Waals surface area contributed by atoms with Gasteiger partial charge in [-0.2, -0.15) is 0 Å². The Balaban J connectivity index is 7.56. The van der Waals surface area contributed by atoms with Crippen LogP contribution in [-0.2, 0) is 57.5 Å². The molecule has 0 atom stereocenters. The van der Waals surface area contributed by atoms with Crippen molar-refractivity contribution in [3.63, 3.8) is 0 Å². The first-order chi connectivity index (χ1) is 31.9. The predicted molar refractivity (Wildman–Crippen MR) is 239 cm³/mol. The van der Waals surface area contributed by atoms with Crippen LogP contribution in [0.3, 0.4) is 0 Å². The fraction of sp³-hybridized carbons (Fsp3) is 0.733. The lowest BCUT2D eigenvalue weighted by Gasteiger charge is -2.48. The Morgan fingerprint density at radius 1 is 0.290 bits per heavy atom. The first kappa shape index (κ1) is 62.6. The van der Waals surface area contributed by atoms with Crippen LogP contribution in [-0.4, -0.2) is 134 Å². The van der Waals surface area contributed by atoms with Gasteiger partial charge in [0.05, 0.1) is 0 Å². The number of hydrogen-bond acceptors (Lipinski definition) is 12. The maximum Gasteiger partial charge on any atom is 0.303 e. The quantitative estimate of drug-likeness (QED) is 0.0410. The summed E-state index contributed by atoms with van der Waals surface area (Å²) in [6.07, 6.45) is -9.71. The first-order valence-corrected chi connectivity index (χ1v) is 22.8. The molecule has 0 bridgehead atoms. The highest BCUT2D eigenvalue weighted by Crippen LogP contribution is 2.52. The van der Waals surface area contributed by atoms with E-state index < -0.39 is 176 Å². The Labute approximate surface area is 399 Å². The van der Waals surface area contributed by atoms with Gasteiger partial charge in [-0.05, 0) is 87.9 Å². The van der Waals surface area contributed by atoms with Gasteiger partial charge in [-0.15, -0.1) is 0 Å². The molecule has 0 spiro atoms. The van der Waals surface area contributed by atoms with E-state index in [1.807, 2.05) is 0 Å². The van der Waals surface area contributed by atoms with Gasteiger partial charge in [0.25, 0.3) is 0 Å². The van der Waals surface area contributed by atoms with Crippen molar-refractivity contribution >= 4 is 71.4 Å². The summed E-state index contributed by atoms with van der Waals surface area (Å²) in [5.41, 5.74) is -7.03. The molecule has 0 aliphatic carbocycles. The van der Waals surface area contributed by atoms with Crippen molar-refractivity contribution in [2.75, 3.05) is 0 Å². The van der Waals surface area contributed by atoms with Gasteiger partial charge in [0.1, 0.15) is 0 Å². The smallest absolute Gasteiger partial charge is 0.303 e. The summed E-state index contributed by atoms with van der Waals surface area (Å²) >= 11 is 0. The maximum atomic E-state index is 14.1. The average Bonchev–Trinajstić information content (AvgIpc) is 3.24. The normalized spacial score (nSPS) is 12.0. The molecular weight excluding hydrogens is 918 g/mol. The highest BCUT2D eigenvalue weighted by molar-refractivity contribution is 5.80. The SMILES string of the molecule is CCC(C)(C)C(CCC(=O)NC(CCC(=O)O)(CCC(=O)O)CCC(=O)O)(CCC(=O)NC(CCC(=O)O)(CCC(=O)O)CCC(=O)O)CCC(=O)NC(CCC(=O)O)(CCC(=O)O)CCC(=O)O. The number of carbonyl (C=O) groups excluding carboxylic acids is 3. The molecule has 0 heterocycles. The van der Waals surface area contributed by atoms with E-state index in [9.17, 15) is 103 Å². The van der Waals surface area contributed by atoms with Crippen LogP contribution in [0.1, 0.15) is 181 Å². The van der Waals surface area contributed by atoms with E-state index >= 15 is 0 Å². The molecule has 0 aromatic rings. The zero-order valence-electron chi connectivity index (χ0n) is 39.6. The summed E-state index contributed by atoms with van der Waals surface area (Å²) in [6, 6.07) is 0. The zero-order valence-corrected chi connectivity index (χ0v) is 39.6. The highest BCUT2D eigenvalue weighted by Gasteiger charge is 2.46. The van der Waals surface area contributed by atoms with E-state index in [-0.39, 0.29) is 77.0 Å². The fourth-order valence-electron chi connectivity index (χ4n) is 8.70. The van der Waals surface area contributed by atoms with Gasteiger partial charge in [-0.25, -0.2) is 0 Å². The number of carbonyl (C=O) groups is 12. The van der Waals surface area contributed by atoms with E-state index in [1.54, 1.807) is 20.8 Å². The summed E-state index contributed by atoms with van der Waals surface area (Å²) in [5, 5.41) is 93.6. The third-order valence-corrected chi connectivity index (χ3v) is 13.4. The number of carboxylic acid groups (broad SMARTS) is 9. The average molecular weight is 990 g/mol. The maximum absolute atomic E-state index is 14.1. The molecule has 0 unspecified atom stereocenters. The molecule has 0 radical (unpaired) electrons. The van der Waals surface area contributed by atoms with Crippen molar-refractivity contribution < 1.29 is 103 Å². The van der Waals surface area contributed by atoms with Gasteiger partial charge < -0.3 is 61.9 Å². The van der Waals surface area contributed by atoms with Gasteiger partial charge >= 0.3 is 53.7 Å². The lowest BCUT2D eigenvalue weighted by atomic mass is 9.57. The molecule has 0 rings (SSSR count). The van der Waals surface area contributed by atoms with E-state index in [4.69, 9.17) is 0 Å². The van der Waals surface area contributed by atoms with Gasteiger partial charge in [-0.3, -0.25) is 57.5 Å². The molecule has 0 aromatic heterocycles. The minimum absolute atomic E-state index is 0.155. The van der Waals surface area contributed by atoms with E-state index in [1.165, 1.54) is 0 Å². The number of rotatable bonds is 41. The van der Waals surface area contributed by atoms with E-state index in [0.717, 1.165) is 0 Å². The van der Waals surface area contributed by atoms with Crippen LogP contribution in [0.5, 0.6) is 0 Å². The third-order valence-electron chi connectivity index (χ3n) is 13.4. The molecule has 0 fully saturated rings. The number of carboxylic acids is 9. The van der Waals surface area contributed by atoms with E-state index in [0.29, 0.717) is 6.42 Å². The van der Waals surface area contributed by atoms with Gasteiger partial charge in [0.15, 0.2) is 0 Å². The van der Waals surface area contributed by atoms with Crippen molar-refractivity contribution in [3.8, 4) is 0 Å². The van der Waals surface area contributed by atoms with Crippen LogP contribution in [0, 0.1) is 10.8 Å². The monoisotopic (exact) mass is 989 g/mol. The Morgan fingerprint density at radius 2 is 0.449 bits per heavy atom. The summed E-state index contributed by atoms with van der Waals surface area (Å²) in [4.78, 5) is 147. The second-order valence-electron chi connectivity index (χ2n) is 18.5. The van der Waals surface area contributed by atoms with Crippen LogP contribution in [0.4, 0.5) is 0 Å². The largest absolute Gasteiger partial charge is 0.481 e. The molecular formula is C45H71N3O21. The zero-order chi connectivity index (χ0) is 53.2. The molecule has 392 valence electrons. The van der Waals surface area contributed by atoms with Crippen LogP contribution < -0.4 is 16.0 Å². The minimum Gasteiger partial charge on any atom is -0.481 e. The molecule has 12 N–H and O–H groups in total. The van der Waals surface area contributed by atoms with Gasteiger partial charge in [0, 0.05) is 93.7 Å². The van der Waals surface area contributed by atoms with Crippen molar-refractivity contribution in [1.82, 2.24) is 16.0 Å². The highest BCUT2D eigenvalue weighted by atomic mass is 16.4. The summed E-state index contributed by atoms with van der Waals surface area (Å²) < 4.78 is 0. The van der Waals surface area contributed by atoms with Gasteiger partial charge in [-0.1, -0.05) is 27.2 Å². The number of nitrogens with one attached hydrogen (secondary N) is 3. The second kappa shape index (κ2) is 29.5. The molecule has 0 saturated carbocycles. The second-order valence-corrected chi connectivity index (χ2v) is 18.5. The van der Waals surface area contributed by atoms with Crippen molar-refractivity contribution in [1.29, 1.82) is 0 Å². The minimum atomic E-state index is -1.62. The summed E-state index contributed by atoms with van der Waals surface area (Å²) in [6.45, 7) is 5.31. The van der Waals surface area contributed by atoms with Gasteiger partial charge in [0.2, 0.25) is 17.7 Å². The Bertz CT molecular complexity index is 1510. The van der Waals surface area contributed by atoms with Crippen molar-refractivity contribution in [3.05, 3.63) is 0 Å². The van der Waals surface area contributed by atoms with Crippen LogP contribution in [0.2, 0.25) is 0 Å². The Hall–Kier alpha value is -6.36. The fourth-order valence-corrected chi connectivity index (χ4v) is 8.70. The lowest BCUT2D eigenvalue weighted by Crippen LogP contribution is -2.51. The van der Waals surface area contributed by atoms with Crippen molar-refractivity contribution in [2.24, 2.45) is 10.8 Å². The molecule has 0 aliphatic rings. The third kappa shape index (κ3) is 25.5. The number of aliphatic carboxylic acids is 9. The Kier molecular flexibility index (Phi) is 26.8. The molecule has 0 saturated heterocycles. The molecule has 69 heavy (non-hydrogen) atoms. The molecule has 24 nitrogen and oxygen atoms in total. The Morgan fingerprint density at radius 3 is 0.580 bits per heavy atom. The molecule has 0 aromatic carbocycles. The van der Waals surface area contributed by atoms with E-state index in [2.05, 4.69) is 16.0 Å². The van der Waals surface area contributed by atoms with Crippen LogP contribution >= 0.6 is 0 Å². The molecule has 24 heteroatoms. The summed E-state index contributed by atoms with van der Waals surface area (Å²) in [5.74, 6) is -14.1. The van der Waals surface area contributed by atoms with Crippen LogP contribution in [0.15, 0.2) is 0 Å². The number of hydrogen-bond donors (Lipinski definition) is 12. The topological polar surface area (TPSA) is 423 Å². The molecule has 3 amide bonds. The van der Waals surface area contributed by atoms with Crippen molar-refractivity contribution in [2.45, 2.75) is 198 Å². The van der Waals surface area contributed by atoms with Crippen LogP contribution in [0.25, 0.3) is 0 Å². The number of amides is 3.